The van der Waals surface area contributed by atoms with E-state index >= 15 is 0 Å². The van der Waals surface area contributed by atoms with Gasteiger partial charge in [0.05, 0.1) is 5.56 Å². The first-order chi connectivity index (χ1) is 16.0. The van der Waals surface area contributed by atoms with E-state index in [1.807, 2.05) is 36.4 Å². The molecule has 0 saturated carbocycles. The Balaban J connectivity index is 1.38. The number of anilines is 1. The number of aromatic carboxylic acids is 1. The fourth-order valence-corrected chi connectivity index (χ4v) is 4.09. The fourth-order valence-electron chi connectivity index (χ4n) is 4.09. The number of carbonyl (C=O) groups is 3. The molecule has 3 aromatic rings. The summed E-state index contributed by atoms with van der Waals surface area (Å²) in [5, 5.41) is 14.4. The predicted molar refractivity (Wildman–Crippen MR) is 124 cm³/mol. The van der Waals surface area contributed by atoms with E-state index in [-0.39, 0.29) is 18.1 Å². The summed E-state index contributed by atoms with van der Waals surface area (Å²) in [6.07, 6.45) is -0.340. The molecule has 1 atom stereocenters. The third-order valence-corrected chi connectivity index (χ3v) is 5.74. The van der Waals surface area contributed by atoms with Gasteiger partial charge >= 0.3 is 12.1 Å². The average Bonchev–Trinajstić information content (AvgIpc) is 3.15. The molecule has 0 aliphatic heterocycles. The quantitative estimate of drug-likeness (QED) is 0.492. The van der Waals surface area contributed by atoms with Gasteiger partial charge in [0.25, 0.3) is 0 Å². The number of alkyl carbamates (subject to hydrolysis) is 1. The minimum Gasteiger partial charge on any atom is -0.478 e. The molecule has 3 N–H and O–H groups in total. The molecule has 3 aromatic carbocycles. The highest BCUT2D eigenvalue weighted by atomic mass is 16.5. The molecule has 0 bridgehead atoms. The van der Waals surface area contributed by atoms with Crippen molar-refractivity contribution in [2.75, 3.05) is 11.9 Å². The number of carbonyl (C=O) groups excluding carboxylic acids is 2. The van der Waals surface area contributed by atoms with E-state index in [0.717, 1.165) is 22.3 Å². The van der Waals surface area contributed by atoms with Gasteiger partial charge in [0, 0.05) is 11.6 Å². The number of fused-ring (bicyclic) bond motifs is 3. The molecule has 0 aromatic heterocycles. The lowest BCUT2D eigenvalue weighted by atomic mass is 9.98. The Kier molecular flexibility index (Phi) is 6.40. The van der Waals surface area contributed by atoms with Crippen LogP contribution in [0.2, 0.25) is 0 Å². The molecule has 1 unspecified atom stereocenters. The number of carboxylic acids is 1. The van der Waals surface area contributed by atoms with Crippen LogP contribution < -0.4 is 10.6 Å². The highest BCUT2D eigenvalue weighted by Gasteiger charge is 2.29. The van der Waals surface area contributed by atoms with Crippen LogP contribution >= 0.6 is 0 Å². The Bertz CT molecular complexity index is 1160. The zero-order chi connectivity index (χ0) is 23.4. The highest BCUT2D eigenvalue weighted by molar-refractivity contribution is 5.98. The second kappa shape index (κ2) is 9.56. The van der Waals surface area contributed by atoms with Crippen LogP contribution in [0, 0.1) is 0 Å². The molecule has 33 heavy (non-hydrogen) atoms. The van der Waals surface area contributed by atoms with Crippen molar-refractivity contribution >= 4 is 23.7 Å². The molecule has 0 fully saturated rings. The van der Waals surface area contributed by atoms with E-state index in [0.29, 0.717) is 12.1 Å². The van der Waals surface area contributed by atoms with E-state index in [1.54, 1.807) is 19.1 Å². The van der Waals surface area contributed by atoms with Crippen molar-refractivity contribution in [3.8, 4) is 11.1 Å². The second-order valence-corrected chi connectivity index (χ2v) is 7.81. The summed E-state index contributed by atoms with van der Waals surface area (Å²) < 4.78 is 5.52. The third kappa shape index (κ3) is 4.72. The SMILES string of the molecule is CCC(NC(=O)OCC1c2ccccc2-c2ccccc21)C(=O)Nc1cccc(C(=O)O)c1. The van der Waals surface area contributed by atoms with Gasteiger partial charge in [-0.05, 0) is 46.9 Å². The normalized spacial score (nSPS) is 12.9. The molecule has 2 amide bonds. The zero-order valence-corrected chi connectivity index (χ0v) is 18.1. The van der Waals surface area contributed by atoms with Crippen LogP contribution in [0.5, 0.6) is 0 Å². The van der Waals surface area contributed by atoms with Gasteiger partial charge in [-0.3, -0.25) is 4.79 Å². The van der Waals surface area contributed by atoms with E-state index in [9.17, 15) is 14.4 Å². The largest absolute Gasteiger partial charge is 0.478 e. The Morgan fingerprint density at radius 2 is 1.58 bits per heavy atom. The lowest BCUT2D eigenvalue weighted by Crippen LogP contribution is -2.43. The van der Waals surface area contributed by atoms with Crippen molar-refractivity contribution < 1.29 is 24.2 Å². The van der Waals surface area contributed by atoms with Crippen molar-refractivity contribution in [2.45, 2.75) is 25.3 Å². The van der Waals surface area contributed by atoms with Crippen LogP contribution in [0.25, 0.3) is 11.1 Å². The van der Waals surface area contributed by atoms with E-state index in [1.165, 1.54) is 12.1 Å². The lowest BCUT2D eigenvalue weighted by molar-refractivity contribution is -0.118. The number of rotatable bonds is 7. The number of carboxylic acid groups (broad SMARTS) is 1. The average molecular weight is 444 g/mol. The first kappa shape index (κ1) is 22.1. The van der Waals surface area contributed by atoms with Gasteiger partial charge < -0.3 is 20.5 Å². The predicted octanol–water partition coefficient (Wildman–Crippen LogP) is 4.64. The Hall–Kier alpha value is -4.13. The molecule has 168 valence electrons. The minimum atomic E-state index is -1.09. The maximum atomic E-state index is 12.6. The molecule has 0 heterocycles. The summed E-state index contributed by atoms with van der Waals surface area (Å²) >= 11 is 0. The maximum absolute atomic E-state index is 12.6. The summed E-state index contributed by atoms with van der Waals surface area (Å²) in [4.78, 5) is 36.2. The summed E-state index contributed by atoms with van der Waals surface area (Å²) in [5.41, 5.74) is 4.88. The number of hydrogen-bond donors (Lipinski definition) is 3. The van der Waals surface area contributed by atoms with Crippen LogP contribution in [0.4, 0.5) is 10.5 Å². The molecule has 1 aliphatic rings. The van der Waals surface area contributed by atoms with Gasteiger partial charge in [-0.1, -0.05) is 61.5 Å². The Labute approximate surface area is 191 Å². The molecule has 1 aliphatic carbocycles. The molecule has 0 saturated heterocycles. The number of hydrogen-bond acceptors (Lipinski definition) is 4. The van der Waals surface area contributed by atoms with Crippen LogP contribution in [-0.2, 0) is 9.53 Å². The fraction of sp³-hybridized carbons (Fsp3) is 0.192. The number of amides is 2. The molecule has 7 nitrogen and oxygen atoms in total. The molecule has 4 rings (SSSR count). The molecule has 0 radical (unpaired) electrons. The molecule has 7 heteroatoms. The smallest absolute Gasteiger partial charge is 0.407 e. The zero-order valence-electron chi connectivity index (χ0n) is 18.1. The maximum Gasteiger partial charge on any atom is 0.407 e. The summed E-state index contributed by atoms with van der Waals surface area (Å²) in [5.74, 6) is -1.61. The number of benzene rings is 3. The third-order valence-electron chi connectivity index (χ3n) is 5.74. The second-order valence-electron chi connectivity index (χ2n) is 7.81. The number of nitrogens with one attached hydrogen (secondary N) is 2. The van der Waals surface area contributed by atoms with E-state index in [4.69, 9.17) is 9.84 Å². The highest BCUT2D eigenvalue weighted by Crippen LogP contribution is 2.44. The first-order valence-corrected chi connectivity index (χ1v) is 10.7. The monoisotopic (exact) mass is 444 g/mol. The van der Waals surface area contributed by atoms with Crippen LogP contribution in [0.3, 0.4) is 0 Å². The topological polar surface area (TPSA) is 105 Å². The summed E-state index contributed by atoms with van der Waals surface area (Å²) in [6, 6.07) is 21.2. The molecular weight excluding hydrogens is 420 g/mol. The van der Waals surface area contributed by atoms with E-state index in [2.05, 4.69) is 22.8 Å². The first-order valence-electron chi connectivity index (χ1n) is 10.7. The van der Waals surface area contributed by atoms with Crippen molar-refractivity contribution in [2.24, 2.45) is 0 Å². The Morgan fingerprint density at radius 3 is 2.18 bits per heavy atom. The van der Waals surface area contributed by atoms with Crippen molar-refractivity contribution in [1.82, 2.24) is 5.32 Å². The van der Waals surface area contributed by atoms with Gasteiger partial charge in [0.15, 0.2) is 0 Å². The standard InChI is InChI=1S/C26H24N2O5/c1-2-23(24(29)27-17-9-7-8-16(14-17)25(30)31)28-26(32)33-15-22-20-12-5-3-10-18(20)19-11-4-6-13-21(19)22/h3-14,22-23H,2,15H2,1H3,(H,27,29)(H,28,32)(H,30,31). The van der Waals surface area contributed by atoms with Gasteiger partial charge in [-0.25, -0.2) is 9.59 Å². The lowest BCUT2D eigenvalue weighted by Gasteiger charge is -2.19. The van der Waals surface area contributed by atoms with Crippen LogP contribution in [-0.4, -0.2) is 35.7 Å². The van der Waals surface area contributed by atoms with Crippen LogP contribution in [0.1, 0.15) is 40.7 Å². The van der Waals surface area contributed by atoms with E-state index < -0.39 is 24.0 Å². The van der Waals surface area contributed by atoms with Gasteiger partial charge in [-0.2, -0.15) is 0 Å². The number of ether oxygens (including phenoxy) is 1. The van der Waals surface area contributed by atoms with Crippen LogP contribution in [0.15, 0.2) is 72.8 Å². The molecular formula is C26H24N2O5. The van der Waals surface area contributed by atoms with Crippen molar-refractivity contribution in [3.63, 3.8) is 0 Å². The molecule has 0 spiro atoms. The summed E-state index contributed by atoms with van der Waals surface area (Å²) in [6.45, 7) is 1.92. The van der Waals surface area contributed by atoms with Gasteiger partial charge in [-0.15, -0.1) is 0 Å². The van der Waals surface area contributed by atoms with Gasteiger partial charge in [0.1, 0.15) is 12.6 Å². The van der Waals surface area contributed by atoms with Crippen molar-refractivity contribution in [1.29, 1.82) is 0 Å². The Morgan fingerprint density at radius 1 is 0.939 bits per heavy atom. The summed E-state index contributed by atoms with van der Waals surface area (Å²) in [7, 11) is 0. The van der Waals surface area contributed by atoms with Gasteiger partial charge in [0.2, 0.25) is 5.91 Å². The minimum absolute atomic E-state index is 0.0605. The van der Waals surface area contributed by atoms with Crippen molar-refractivity contribution in [3.05, 3.63) is 89.5 Å².